The smallest absolute Gasteiger partial charge is 0.169 e. The third-order valence-electron chi connectivity index (χ3n) is 6.57. The van der Waals surface area contributed by atoms with Crippen LogP contribution in [0.2, 0.25) is 0 Å². The maximum Gasteiger partial charge on any atom is 0.169 e. The van der Waals surface area contributed by atoms with Crippen molar-refractivity contribution in [2.45, 2.75) is 13.0 Å². The molecule has 0 aromatic carbocycles. The average molecular weight is 508 g/mol. The number of aromatic amines is 2. The van der Waals surface area contributed by atoms with Gasteiger partial charge in [-0.25, -0.2) is 9.97 Å². The van der Waals surface area contributed by atoms with Crippen molar-refractivity contribution in [2.75, 3.05) is 18.0 Å². The van der Waals surface area contributed by atoms with Gasteiger partial charge in [-0.3, -0.25) is 19.9 Å². The molecule has 0 amide bonds. The topological polar surface area (TPSA) is 142 Å². The maximum atomic E-state index is 11.8. The highest BCUT2D eigenvalue weighted by Crippen LogP contribution is 2.36. The minimum atomic E-state index is 0.0624. The van der Waals surface area contributed by atoms with Crippen molar-refractivity contribution in [1.29, 1.82) is 0 Å². The van der Waals surface area contributed by atoms with Crippen LogP contribution in [-0.4, -0.2) is 60.0 Å². The molecule has 0 atom stereocenters. The van der Waals surface area contributed by atoms with Crippen molar-refractivity contribution in [2.24, 2.45) is 5.73 Å². The van der Waals surface area contributed by atoms with E-state index >= 15 is 0 Å². The van der Waals surface area contributed by atoms with Gasteiger partial charge in [0, 0.05) is 46.5 Å². The van der Waals surface area contributed by atoms with E-state index in [-0.39, 0.29) is 11.8 Å². The summed E-state index contributed by atoms with van der Waals surface area (Å²) in [7, 11) is 0. The molecule has 0 radical (unpaired) electrons. The molecule has 11 heteroatoms. The Hall–Kier alpha value is -4.48. The van der Waals surface area contributed by atoms with Crippen LogP contribution in [0.4, 0.5) is 5.82 Å². The molecule has 0 saturated carbocycles. The number of ketones is 1. The summed E-state index contributed by atoms with van der Waals surface area (Å²) in [5, 5.41) is 9.53. The van der Waals surface area contributed by atoms with Gasteiger partial charge in [-0.15, -0.1) is 11.3 Å². The number of H-pyrrole nitrogens is 2. The number of fused-ring (bicyclic) bond motifs is 2. The first-order valence-electron chi connectivity index (χ1n) is 11.8. The van der Waals surface area contributed by atoms with Gasteiger partial charge < -0.3 is 15.6 Å². The summed E-state index contributed by atoms with van der Waals surface area (Å²) in [6.07, 6.45) is 6.99. The van der Waals surface area contributed by atoms with Crippen LogP contribution in [0.25, 0.3) is 55.2 Å². The SMILES string of the molecule is CC(=O)c1ccc(-c2ccnc3[nH]c(-c4n[nH]c5cnc(-c6cncc(N7CC(N)C7)n6)cc45)cc23)s1. The lowest BCUT2D eigenvalue weighted by Gasteiger charge is -2.37. The predicted molar refractivity (Wildman–Crippen MR) is 144 cm³/mol. The fourth-order valence-corrected chi connectivity index (χ4v) is 5.58. The van der Waals surface area contributed by atoms with E-state index in [2.05, 4.69) is 35.0 Å². The number of hydrogen-bond acceptors (Lipinski definition) is 9. The lowest BCUT2D eigenvalue weighted by Crippen LogP contribution is -2.56. The maximum absolute atomic E-state index is 11.8. The molecule has 0 spiro atoms. The minimum absolute atomic E-state index is 0.0624. The molecule has 6 aromatic rings. The Labute approximate surface area is 214 Å². The normalized spacial score (nSPS) is 13.9. The molecule has 0 aliphatic carbocycles. The van der Waals surface area contributed by atoms with E-state index in [0.717, 1.165) is 67.5 Å². The van der Waals surface area contributed by atoms with Crippen LogP contribution >= 0.6 is 11.3 Å². The third kappa shape index (κ3) is 3.67. The third-order valence-corrected chi connectivity index (χ3v) is 7.79. The number of nitrogens with one attached hydrogen (secondary N) is 2. The quantitative estimate of drug-likeness (QED) is 0.297. The second-order valence-corrected chi connectivity index (χ2v) is 10.2. The highest BCUT2D eigenvalue weighted by molar-refractivity contribution is 7.17. The molecule has 1 aliphatic rings. The Balaban J connectivity index is 1.29. The molecule has 7 rings (SSSR count). The van der Waals surface area contributed by atoms with Crippen molar-refractivity contribution < 1.29 is 4.79 Å². The van der Waals surface area contributed by atoms with E-state index in [9.17, 15) is 4.79 Å². The molecule has 37 heavy (non-hydrogen) atoms. The zero-order valence-electron chi connectivity index (χ0n) is 19.8. The number of carbonyl (C=O) groups is 1. The number of carbonyl (C=O) groups excluding carboxylic acids is 1. The van der Waals surface area contributed by atoms with E-state index in [4.69, 9.17) is 10.7 Å². The number of nitrogens with two attached hydrogens (primary N) is 1. The second-order valence-electron chi connectivity index (χ2n) is 9.14. The van der Waals surface area contributed by atoms with E-state index in [0.29, 0.717) is 11.4 Å². The summed E-state index contributed by atoms with van der Waals surface area (Å²) in [6, 6.07) is 10.0. The van der Waals surface area contributed by atoms with Crippen LogP contribution in [0.3, 0.4) is 0 Å². The van der Waals surface area contributed by atoms with Crippen LogP contribution in [0.15, 0.2) is 55.1 Å². The molecule has 1 aliphatic heterocycles. The molecule has 4 N–H and O–H groups in total. The summed E-state index contributed by atoms with van der Waals surface area (Å²) in [5.41, 5.74) is 11.5. The van der Waals surface area contributed by atoms with Gasteiger partial charge in [-0.05, 0) is 37.3 Å². The molecule has 1 saturated heterocycles. The Bertz CT molecular complexity index is 1810. The van der Waals surface area contributed by atoms with Crippen molar-refractivity contribution in [3.05, 3.63) is 60.0 Å². The number of hydrogen-bond donors (Lipinski definition) is 3. The van der Waals surface area contributed by atoms with Crippen LogP contribution in [-0.2, 0) is 0 Å². The zero-order valence-corrected chi connectivity index (χ0v) is 20.6. The molecule has 10 nitrogen and oxygen atoms in total. The van der Waals surface area contributed by atoms with Crippen LogP contribution in [0, 0.1) is 0 Å². The number of pyridine rings is 2. The largest absolute Gasteiger partial charge is 0.352 e. The monoisotopic (exact) mass is 507 g/mol. The van der Waals surface area contributed by atoms with Gasteiger partial charge >= 0.3 is 0 Å². The lowest BCUT2D eigenvalue weighted by molar-refractivity contribution is 0.102. The summed E-state index contributed by atoms with van der Waals surface area (Å²) in [5.74, 6) is 0.858. The number of rotatable bonds is 5. The van der Waals surface area contributed by atoms with Crippen molar-refractivity contribution in [3.8, 4) is 33.2 Å². The molecular formula is C26H21N9OS. The van der Waals surface area contributed by atoms with Gasteiger partial charge in [0.25, 0.3) is 0 Å². The predicted octanol–water partition coefficient (Wildman–Crippen LogP) is 4.04. The number of nitrogens with zero attached hydrogens (tertiary/aromatic N) is 6. The van der Waals surface area contributed by atoms with Gasteiger partial charge in [0.1, 0.15) is 22.9 Å². The van der Waals surface area contributed by atoms with Crippen molar-refractivity contribution in [3.63, 3.8) is 0 Å². The van der Waals surface area contributed by atoms with E-state index in [1.54, 1.807) is 31.7 Å². The van der Waals surface area contributed by atoms with Gasteiger partial charge in [-0.1, -0.05) is 0 Å². The van der Waals surface area contributed by atoms with E-state index in [1.165, 1.54) is 11.3 Å². The lowest BCUT2D eigenvalue weighted by atomic mass is 10.1. The highest BCUT2D eigenvalue weighted by atomic mass is 32.1. The Morgan fingerprint density at radius 3 is 2.78 bits per heavy atom. The molecule has 6 aromatic heterocycles. The van der Waals surface area contributed by atoms with Crippen LogP contribution in [0.1, 0.15) is 16.6 Å². The Morgan fingerprint density at radius 1 is 1.08 bits per heavy atom. The minimum Gasteiger partial charge on any atom is -0.352 e. The van der Waals surface area contributed by atoms with Gasteiger partial charge in [0.05, 0.1) is 40.4 Å². The van der Waals surface area contributed by atoms with Crippen LogP contribution < -0.4 is 10.6 Å². The van der Waals surface area contributed by atoms with Gasteiger partial charge in [0.15, 0.2) is 5.78 Å². The standard InChI is InChI=1S/C26H21N9OS/c1-13(36)22-2-3-23(37-22)15-4-5-29-26-16(15)6-19(32-26)25-17-7-18(30-9-20(17)33-34-25)21-8-28-10-24(31-21)35-11-14(27)12-35/h2-10,14H,11-12,27H2,1H3,(H,29,32)(H,33,34). The molecule has 7 heterocycles. The highest BCUT2D eigenvalue weighted by Gasteiger charge is 2.25. The van der Waals surface area contributed by atoms with E-state index < -0.39 is 0 Å². The first-order valence-corrected chi connectivity index (χ1v) is 12.6. The molecular weight excluding hydrogens is 486 g/mol. The number of aromatic nitrogens is 7. The number of anilines is 1. The first kappa shape index (κ1) is 21.8. The summed E-state index contributed by atoms with van der Waals surface area (Å²) in [4.78, 5) is 37.3. The summed E-state index contributed by atoms with van der Waals surface area (Å²) >= 11 is 1.48. The van der Waals surface area contributed by atoms with Crippen molar-refractivity contribution >= 4 is 44.9 Å². The Kier molecular flexibility index (Phi) is 4.88. The zero-order chi connectivity index (χ0) is 25.1. The van der Waals surface area contributed by atoms with Gasteiger partial charge in [-0.2, -0.15) is 5.10 Å². The van der Waals surface area contributed by atoms with Crippen molar-refractivity contribution in [1.82, 2.24) is 35.1 Å². The van der Waals surface area contributed by atoms with E-state index in [1.807, 2.05) is 30.3 Å². The number of Topliss-reactive ketones (excluding diaryl/α,β-unsaturated/α-hetero) is 1. The fraction of sp³-hybridized carbons (Fsp3) is 0.154. The Morgan fingerprint density at radius 2 is 1.97 bits per heavy atom. The summed E-state index contributed by atoms with van der Waals surface area (Å²) < 4.78 is 0. The molecule has 0 bridgehead atoms. The average Bonchev–Trinajstić information content (AvgIpc) is 3.64. The number of thiophene rings is 1. The van der Waals surface area contributed by atoms with Gasteiger partial charge in [0.2, 0.25) is 0 Å². The molecule has 0 unspecified atom stereocenters. The first-order chi connectivity index (χ1) is 18.0. The van der Waals surface area contributed by atoms with Crippen LogP contribution in [0.5, 0.6) is 0 Å². The summed E-state index contributed by atoms with van der Waals surface area (Å²) in [6.45, 7) is 3.13. The second kappa shape index (κ2) is 8.29. The molecule has 182 valence electrons. The molecule has 1 fully saturated rings. The fourth-order valence-electron chi connectivity index (χ4n) is 4.63.